The first kappa shape index (κ1) is 19.2. The molecule has 2 heterocycles. The zero-order valence-corrected chi connectivity index (χ0v) is 17.2. The van der Waals surface area contributed by atoms with E-state index in [0.29, 0.717) is 12.6 Å². The van der Waals surface area contributed by atoms with Gasteiger partial charge in [-0.3, -0.25) is 9.69 Å². The zero-order chi connectivity index (χ0) is 19.5. The first-order chi connectivity index (χ1) is 13.6. The predicted molar refractivity (Wildman–Crippen MR) is 114 cm³/mol. The number of aromatic nitrogens is 2. The maximum Gasteiger partial charge on any atom is 0.236 e. The maximum atomic E-state index is 12.8. The van der Waals surface area contributed by atoms with Crippen molar-refractivity contribution in [2.24, 2.45) is 5.92 Å². The number of carbonyl (C=O) groups excluding carboxylic acids is 1. The molecule has 6 nitrogen and oxygen atoms in total. The Bertz CT molecular complexity index is 762. The fraction of sp³-hybridized carbons (Fsp3) is 0.636. The molecular formula is C22H33N5O. The summed E-state index contributed by atoms with van der Waals surface area (Å²) in [6.45, 7) is 6.61. The minimum atomic E-state index is 0.275. The molecule has 2 aliphatic rings. The highest BCUT2D eigenvalue weighted by Crippen LogP contribution is 2.26. The second-order valence-corrected chi connectivity index (χ2v) is 8.61. The van der Waals surface area contributed by atoms with Gasteiger partial charge in [-0.25, -0.2) is 4.98 Å². The van der Waals surface area contributed by atoms with E-state index in [1.165, 1.54) is 12.8 Å². The predicted octanol–water partition coefficient (Wildman–Crippen LogP) is 3.11. The summed E-state index contributed by atoms with van der Waals surface area (Å²) in [5.41, 5.74) is 2.09. The fourth-order valence-electron chi connectivity index (χ4n) is 4.57. The maximum absolute atomic E-state index is 12.8. The number of amides is 1. The van der Waals surface area contributed by atoms with Crippen LogP contribution in [0.5, 0.6) is 0 Å². The highest BCUT2D eigenvalue weighted by molar-refractivity contribution is 5.78. The summed E-state index contributed by atoms with van der Waals surface area (Å²) in [7, 11) is 2.00. The van der Waals surface area contributed by atoms with E-state index in [1.807, 2.05) is 30.1 Å². The van der Waals surface area contributed by atoms with Crippen LogP contribution in [0.3, 0.4) is 0 Å². The molecule has 1 saturated heterocycles. The Labute approximate surface area is 167 Å². The topological polar surface area (TPSA) is 55.5 Å². The molecule has 0 bridgehead atoms. The Morgan fingerprint density at radius 1 is 1.14 bits per heavy atom. The molecule has 2 aromatic rings. The van der Waals surface area contributed by atoms with Gasteiger partial charge in [0.1, 0.15) is 0 Å². The van der Waals surface area contributed by atoms with Crippen LogP contribution in [-0.4, -0.2) is 71.5 Å². The van der Waals surface area contributed by atoms with Crippen LogP contribution in [0.1, 0.15) is 39.0 Å². The number of nitrogens with one attached hydrogen (secondary N) is 1. The number of hydrogen-bond acceptors (Lipinski definition) is 4. The zero-order valence-electron chi connectivity index (χ0n) is 17.2. The smallest absolute Gasteiger partial charge is 0.236 e. The van der Waals surface area contributed by atoms with E-state index in [-0.39, 0.29) is 5.91 Å². The average molecular weight is 384 g/mol. The molecule has 1 aromatic carbocycles. The molecule has 1 aromatic heterocycles. The number of anilines is 1. The van der Waals surface area contributed by atoms with Gasteiger partial charge < -0.3 is 14.8 Å². The van der Waals surface area contributed by atoms with Gasteiger partial charge in [-0.2, -0.15) is 0 Å². The molecule has 0 atom stereocenters. The van der Waals surface area contributed by atoms with Crippen molar-refractivity contribution in [1.29, 1.82) is 0 Å². The first-order valence-electron chi connectivity index (χ1n) is 10.8. The van der Waals surface area contributed by atoms with Crippen molar-refractivity contribution in [3.8, 4) is 0 Å². The lowest BCUT2D eigenvalue weighted by Gasteiger charge is -2.34. The van der Waals surface area contributed by atoms with Crippen LogP contribution in [0, 0.1) is 5.92 Å². The summed E-state index contributed by atoms with van der Waals surface area (Å²) < 4.78 is 0. The van der Waals surface area contributed by atoms with E-state index in [1.54, 1.807) is 0 Å². The molecule has 0 radical (unpaired) electrons. The monoisotopic (exact) mass is 383 g/mol. The summed E-state index contributed by atoms with van der Waals surface area (Å²) in [6, 6.07) is 8.59. The lowest BCUT2D eigenvalue weighted by Crippen LogP contribution is -2.45. The molecule has 1 amide bonds. The van der Waals surface area contributed by atoms with Crippen molar-refractivity contribution >= 4 is 22.9 Å². The number of likely N-dealkylation sites (N-methyl/N-ethyl adjacent to an activating group) is 1. The molecule has 28 heavy (non-hydrogen) atoms. The lowest BCUT2D eigenvalue weighted by atomic mass is 9.87. The molecule has 1 aliphatic carbocycles. The molecule has 152 valence electrons. The number of imidazole rings is 1. The Balaban J connectivity index is 1.31. The minimum Gasteiger partial charge on any atom is -0.342 e. The van der Waals surface area contributed by atoms with E-state index >= 15 is 0 Å². The molecule has 6 heteroatoms. The highest BCUT2D eigenvalue weighted by atomic mass is 16.2. The van der Waals surface area contributed by atoms with Gasteiger partial charge in [0, 0.05) is 39.3 Å². The third-order valence-corrected chi connectivity index (χ3v) is 6.55. The van der Waals surface area contributed by atoms with Gasteiger partial charge in [0.15, 0.2) is 0 Å². The second-order valence-electron chi connectivity index (χ2n) is 8.61. The van der Waals surface area contributed by atoms with Crippen molar-refractivity contribution in [2.45, 2.75) is 45.1 Å². The average Bonchev–Trinajstić information content (AvgIpc) is 3.00. The van der Waals surface area contributed by atoms with Gasteiger partial charge in [0.25, 0.3) is 0 Å². The van der Waals surface area contributed by atoms with Crippen LogP contribution in [0.4, 0.5) is 5.95 Å². The van der Waals surface area contributed by atoms with Crippen molar-refractivity contribution in [1.82, 2.24) is 19.8 Å². The Morgan fingerprint density at radius 3 is 2.71 bits per heavy atom. The number of nitrogens with zero attached hydrogens (tertiary/aromatic N) is 4. The molecule has 1 N–H and O–H groups in total. The van der Waals surface area contributed by atoms with Crippen molar-refractivity contribution < 1.29 is 4.79 Å². The van der Waals surface area contributed by atoms with E-state index in [2.05, 4.69) is 27.8 Å². The standard InChI is InChI=1S/C22H33N5O/c1-17-8-10-18(11-9-17)25(2)21(28)16-26-12-5-13-27(15-14-26)22-23-19-6-3-4-7-20(19)24-22/h3-4,6-7,17-18H,5,8-16H2,1-2H3,(H,23,24). The first-order valence-corrected chi connectivity index (χ1v) is 10.8. The molecule has 2 fully saturated rings. The normalized spacial score (nSPS) is 24.3. The molecule has 0 unspecified atom stereocenters. The number of para-hydroxylation sites is 2. The molecule has 1 aliphatic heterocycles. The molecule has 4 rings (SSSR count). The number of H-pyrrole nitrogens is 1. The van der Waals surface area contributed by atoms with Crippen LogP contribution < -0.4 is 4.90 Å². The van der Waals surface area contributed by atoms with Gasteiger partial charge >= 0.3 is 0 Å². The summed E-state index contributed by atoms with van der Waals surface area (Å²) >= 11 is 0. The third kappa shape index (κ3) is 4.32. The van der Waals surface area contributed by atoms with Crippen molar-refractivity contribution in [3.63, 3.8) is 0 Å². The van der Waals surface area contributed by atoms with Crippen LogP contribution in [0.25, 0.3) is 11.0 Å². The number of benzene rings is 1. The highest BCUT2D eigenvalue weighted by Gasteiger charge is 2.26. The summed E-state index contributed by atoms with van der Waals surface area (Å²) in [6.07, 6.45) is 5.86. The van der Waals surface area contributed by atoms with Gasteiger partial charge in [0.2, 0.25) is 11.9 Å². The number of aromatic amines is 1. The van der Waals surface area contributed by atoms with Gasteiger partial charge in [-0.15, -0.1) is 0 Å². The molecule has 0 spiro atoms. The number of rotatable bonds is 4. The molecular weight excluding hydrogens is 350 g/mol. The third-order valence-electron chi connectivity index (χ3n) is 6.55. The SMILES string of the molecule is CC1CCC(N(C)C(=O)CN2CCCN(c3nc4ccccc4[nH]3)CC2)CC1. The summed E-state index contributed by atoms with van der Waals surface area (Å²) in [4.78, 5) is 27.6. The number of carbonyl (C=O) groups is 1. The van der Waals surface area contributed by atoms with Crippen molar-refractivity contribution in [2.75, 3.05) is 44.7 Å². The van der Waals surface area contributed by atoms with Gasteiger partial charge in [0.05, 0.1) is 17.6 Å². The van der Waals surface area contributed by atoms with Crippen molar-refractivity contribution in [3.05, 3.63) is 24.3 Å². The summed E-state index contributed by atoms with van der Waals surface area (Å²) in [5, 5.41) is 0. The van der Waals surface area contributed by atoms with E-state index in [4.69, 9.17) is 4.98 Å². The summed E-state index contributed by atoms with van der Waals surface area (Å²) in [5.74, 6) is 2.04. The second kappa shape index (κ2) is 8.52. The fourth-order valence-corrected chi connectivity index (χ4v) is 4.57. The van der Waals surface area contributed by atoms with Gasteiger partial charge in [-0.05, 0) is 50.2 Å². The van der Waals surface area contributed by atoms with E-state index in [9.17, 15) is 4.79 Å². The largest absolute Gasteiger partial charge is 0.342 e. The Kier molecular flexibility index (Phi) is 5.85. The Hall–Kier alpha value is -2.08. The van der Waals surface area contributed by atoms with E-state index < -0.39 is 0 Å². The molecule has 1 saturated carbocycles. The van der Waals surface area contributed by atoms with Crippen LogP contribution in [0.2, 0.25) is 0 Å². The van der Waals surface area contributed by atoms with E-state index in [0.717, 1.165) is 68.3 Å². The Morgan fingerprint density at radius 2 is 1.93 bits per heavy atom. The minimum absolute atomic E-state index is 0.275. The number of hydrogen-bond donors (Lipinski definition) is 1. The van der Waals surface area contributed by atoms with Gasteiger partial charge in [-0.1, -0.05) is 19.1 Å². The van der Waals surface area contributed by atoms with Crippen LogP contribution in [-0.2, 0) is 4.79 Å². The number of fused-ring (bicyclic) bond motifs is 1. The lowest BCUT2D eigenvalue weighted by molar-refractivity contribution is -0.133. The van der Waals surface area contributed by atoms with Crippen LogP contribution >= 0.6 is 0 Å². The van der Waals surface area contributed by atoms with Crippen LogP contribution in [0.15, 0.2) is 24.3 Å². The quantitative estimate of drug-likeness (QED) is 0.881.